The van der Waals surface area contributed by atoms with Gasteiger partial charge in [0.15, 0.2) is 0 Å². The van der Waals surface area contributed by atoms with E-state index in [1.807, 2.05) is 0 Å². The Kier molecular flexibility index (Phi) is 2.52. The summed E-state index contributed by atoms with van der Waals surface area (Å²) >= 11 is 0. The van der Waals surface area contributed by atoms with Crippen molar-refractivity contribution in [1.82, 2.24) is 0 Å². The molecule has 0 fully saturated rings. The third-order valence-electron chi connectivity index (χ3n) is 4.22. The van der Waals surface area contributed by atoms with Crippen LogP contribution in [0.1, 0.15) is 5.56 Å². The zero-order valence-electron chi connectivity index (χ0n) is 12.5. The van der Waals surface area contributed by atoms with E-state index in [-0.39, 0.29) is 11.4 Å². The molecule has 2 aromatic heterocycles. The molecule has 0 radical (unpaired) electrons. The fourth-order valence-corrected chi connectivity index (χ4v) is 6.12. The summed E-state index contributed by atoms with van der Waals surface area (Å²) in [5.74, 6) is 2.34. The van der Waals surface area contributed by atoms with Gasteiger partial charge in [-0.2, -0.15) is 0 Å². The fraction of sp³-hybridized carbons (Fsp3) is 0. The zero-order valence-corrected chi connectivity index (χ0v) is 13.5. The summed E-state index contributed by atoms with van der Waals surface area (Å²) in [6.07, 6.45) is 2.12. The van der Waals surface area contributed by atoms with Crippen molar-refractivity contribution in [3.63, 3.8) is 0 Å². The summed E-state index contributed by atoms with van der Waals surface area (Å²) in [6.45, 7) is 0. The van der Waals surface area contributed by atoms with Crippen molar-refractivity contribution in [3.05, 3.63) is 84.7 Å². The Morgan fingerprint density at radius 1 is 0.667 bits per heavy atom. The Morgan fingerprint density at radius 2 is 1.17 bits per heavy atom. The van der Waals surface area contributed by atoms with E-state index in [2.05, 4.69) is 5.92 Å². The minimum absolute atomic E-state index is 0.109. The summed E-state index contributed by atoms with van der Waals surface area (Å²) in [4.78, 5) is 0. The molecular weight excluding hydrogens is 329 g/mol. The predicted molar refractivity (Wildman–Crippen MR) is 85.5 cm³/mol. The second-order valence-electron chi connectivity index (χ2n) is 5.86. The van der Waals surface area contributed by atoms with Crippen LogP contribution in [0.3, 0.4) is 0 Å². The first-order valence-corrected chi connectivity index (χ1v) is 9.99. The van der Waals surface area contributed by atoms with Crippen molar-refractivity contribution >= 4 is 7.95 Å². The molecule has 1 aliphatic rings. The standard InChI is InChI=1S/C18H13F3N2Si/c19-24(20,21,15-12-16-8-2-1-3-9-16)22-13-6-4-10-17(22)18-11-5-7-14-23(18)24/h1-11,13-14H. The summed E-state index contributed by atoms with van der Waals surface area (Å²) in [7, 11) is -8.13. The van der Waals surface area contributed by atoms with E-state index in [4.69, 9.17) is 0 Å². The molecule has 6 heteroatoms. The van der Waals surface area contributed by atoms with Gasteiger partial charge in [-0.3, -0.25) is 0 Å². The van der Waals surface area contributed by atoms with Crippen LogP contribution in [0, 0.1) is 11.5 Å². The first-order chi connectivity index (χ1) is 11.3. The maximum atomic E-state index is 15.9. The van der Waals surface area contributed by atoms with Gasteiger partial charge in [0.1, 0.15) is 0 Å². The van der Waals surface area contributed by atoms with Crippen molar-refractivity contribution in [2.75, 3.05) is 0 Å². The molecule has 0 amide bonds. The van der Waals surface area contributed by atoms with Crippen molar-refractivity contribution < 1.29 is 20.8 Å². The average molecular weight is 342 g/mol. The first-order valence-electron chi connectivity index (χ1n) is 7.47. The van der Waals surface area contributed by atoms with Gasteiger partial charge in [0.25, 0.3) is 0 Å². The number of nitrogens with zero attached hydrogens (tertiary/aromatic N) is 2. The molecule has 24 heavy (non-hydrogen) atoms. The van der Waals surface area contributed by atoms with E-state index < -0.39 is 7.95 Å². The van der Waals surface area contributed by atoms with Crippen LogP contribution in [0.5, 0.6) is 0 Å². The van der Waals surface area contributed by atoms with Crippen LogP contribution in [0.4, 0.5) is 12.3 Å². The topological polar surface area (TPSA) is 7.76 Å². The number of benzene rings is 1. The number of halogens is 3. The van der Waals surface area contributed by atoms with Gasteiger partial charge in [0, 0.05) is 0 Å². The quantitative estimate of drug-likeness (QED) is 0.337. The number of aromatic nitrogens is 2. The summed E-state index contributed by atoms with van der Waals surface area (Å²) in [5, 5.41) is 0. The number of pyridine rings is 2. The van der Waals surface area contributed by atoms with Crippen molar-refractivity contribution in [2.24, 2.45) is 0 Å². The summed E-state index contributed by atoms with van der Waals surface area (Å²) < 4.78 is 48.7. The van der Waals surface area contributed by atoms with Crippen LogP contribution in [0.25, 0.3) is 11.4 Å². The zero-order chi connectivity index (χ0) is 16.9. The minimum atomic E-state index is -8.13. The predicted octanol–water partition coefficient (Wildman–Crippen LogP) is 2.98. The van der Waals surface area contributed by atoms with Gasteiger partial charge < -0.3 is 0 Å². The molecule has 1 aromatic carbocycles. The van der Waals surface area contributed by atoms with Crippen LogP contribution in [0.15, 0.2) is 79.1 Å². The second-order valence-corrected chi connectivity index (χ2v) is 9.73. The molecule has 0 N–H and O–H groups in total. The van der Waals surface area contributed by atoms with Gasteiger partial charge in [-0.15, -0.1) is 0 Å². The molecule has 1 aliphatic heterocycles. The molecule has 0 saturated carbocycles. The molecule has 0 unspecified atom stereocenters. The molecule has 4 rings (SSSR count). The molecule has 0 bridgehead atoms. The van der Waals surface area contributed by atoms with Crippen LogP contribution >= 0.6 is 0 Å². The monoisotopic (exact) mass is 342 g/mol. The molecule has 2 nitrogen and oxygen atoms in total. The van der Waals surface area contributed by atoms with E-state index in [1.165, 1.54) is 24.3 Å². The third-order valence-corrected chi connectivity index (χ3v) is 7.64. The molecule has 0 aliphatic carbocycles. The van der Waals surface area contributed by atoms with Gasteiger partial charge >= 0.3 is 136 Å². The Balaban J connectivity index is 2.10. The molecule has 120 valence electrons. The van der Waals surface area contributed by atoms with Gasteiger partial charge in [-0.1, -0.05) is 0 Å². The van der Waals surface area contributed by atoms with Crippen LogP contribution in [-0.2, 0) is 0 Å². The molecule has 0 spiro atoms. The number of fused-ring (bicyclic) bond motifs is 3. The van der Waals surface area contributed by atoms with Crippen molar-refractivity contribution in [3.8, 4) is 22.9 Å². The van der Waals surface area contributed by atoms with Crippen molar-refractivity contribution in [1.29, 1.82) is 0 Å². The van der Waals surface area contributed by atoms with E-state index in [1.54, 1.807) is 48.0 Å². The fourth-order valence-electron chi connectivity index (χ4n) is 3.07. The van der Waals surface area contributed by atoms with Crippen LogP contribution in [0.2, 0.25) is 0 Å². The van der Waals surface area contributed by atoms with Crippen molar-refractivity contribution in [2.45, 2.75) is 0 Å². The Hall–Kier alpha value is -2.91. The molecule has 0 saturated heterocycles. The van der Waals surface area contributed by atoms with E-state index in [0.717, 1.165) is 12.4 Å². The first kappa shape index (κ1) is 14.7. The van der Waals surface area contributed by atoms with Gasteiger partial charge in [-0.25, -0.2) is 0 Å². The van der Waals surface area contributed by atoms with Gasteiger partial charge in [0.2, 0.25) is 0 Å². The summed E-state index contributed by atoms with van der Waals surface area (Å²) in [5.41, 5.74) is 2.32. The Bertz CT molecular complexity index is 992. The number of hydrogen-bond acceptors (Lipinski definition) is 0. The average Bonchev–Trinajstić information content (AvgIpc) is 2.79. The molecule has 3 heterocycles. The molecular formula is C18H13F3N2Si. The van der Waals surface area contributed by atoms with Crippen LogP contribution in [-0.4, -0.2) is 7.95 Å². The van der Waals surface area contributed by atoms with E-state index in [9.17, 15) is 0 Å². The van der Waals surface area contributed by atoms with E-state index >= 15 is 12.3 Å². The normalized spacial score (nSPS) is 20.8. The molecule has 0 atom stereocenters. The molecule has 3 aromatic rings. The van der Waals surface area contributed by atoms with Gasteiger partial charge in [0.05, 0.1) is 0 Å². The third kappa shape index (κ3) is 1.79. The maximum absolute atomic E-state index is 15.9. The Labute approximate surface area is 136 Å². The Morgan fingerprint density at radius 3 is 1.71 bits per heavy atom. The van der Waals surface area contributed by atoms with Crippen LogP contribution < -0.4 is 8.47 Å². The SMILES string of the molecule is F[Si-2]1(F)(F)(C#Cc2ccccc2)[n+]2ccccc2-c2cccc[n+]21. The van der Waals surface area contributed by atoms with Gasteiger partial charge in [-0.05, 0) is 0 Å². The number of rotatable bonds is 0. The number of hydrogen-bond donors (Lipinski definition) is 0. The van der Waals surface area contributed by atoms with E-state index in [0.29, 0.717) is 14.0 Å². The second kappa shape index (κ2) is 4.13. The summed E-state index contributed by atoms with van der Waals surface area (Å²) in [6, 6.07) is 17.1.